The zero-order valence-corrected chi connectivity index (χ0v) is 13.8. The number of nitrogens with one attached hydrogen (secondary N) is 3. The van der Waals surface area contributed by atoms with E-state index in [2.05, 4.69) is 20.8 Å². The number of hydrogen-bond acceptors (Lipinski definition) is 5. The third-order valence-electron chi connectivity index (χ3n) is 4.32. The smallest absolute Gasteiger partial charge is 0.271 e. The molecule has 1 aliphatic carbocycles. The lowest BCUT2D eigenvalue weighted by Gasteiger charge is -2.30. The zero-order valence-electron chi connectivity index (χ0n) is 13.8. The molecule has 2 heterocycles. The van der Waals surface area contributed by atoms with E-state index in [0.717, 1.165) is 19.3 Å². The maximum Gasteiger partial charge on any atom is 0.271 e. The Labute approximate surface area is 140 Å². The van der Waals surface area contributed by atoms with Crippen LogP contribution in [0.25, 0.3) is 0 Å². The number of hydrogen-bond donors (Lipinski definition) is 3. The summed E-state index contributed by atoms with van der Waals surface area (Å²) in [6.07, 6.45) is 4.54. The number of aromatic nitrogens is 2. The van der Waals surface area contributed by atoms with Gasteiger partial charge in [-0.05, 0) is 32.1 Å². The van der Waals surface area contributed by atoms with E-state index in [1.807, 2.05) is 6.92 Å². The van der Waals surface area contributed by atoms with Gasteiger partial charge in [0, 0.05) is 25.7 Å². The number of carbonyl (C=O) groups excluding carboxylic acids is 2. The molecule has 1 aromatic rings. The normalized spacial score (nSPS) is 23.7. The third kappa shape index (κ3) is 4.33. The molecule has 2 fully saturated rings. The van der Waals surface area contributed by atoms with Gasteiger partial charge in [-0.15, -0.1) is 0 Å². The molecule has 132 valence electrons. The predicted octanol–water partition coefficient (Wildman–Crippen LogP) is 1.07. The number of rotatable bonds is 7. The fraction of sp³-hybridized carbons (Fsp3) is 0.688. The lowest BCUT2D eigenvalue weighted by atomic mass is 9.93. The monoisotopic (exact) mass is 336 g/mol. The summed E-state index contributed by atoms with van der Waals surface area (Å²) in [7, 11) is 0. The second-order valence-electron chi connectivity index (χ2n) is 6.28. The standard InChI is InChI=1S/C16H24N4O4/c1-2-24-13-9-23-6-5-10(13)7-14(21)19-12-8-17-20-15(12)16(22)18-11-3-4-11/h8,10-11,13H,2-7,9H2,1H3,(H,17,20)(H,18,22)(H,19,21). The van der Waals surface area contributed by atoms with Crippen molar-refractivity contribution in [2.45, 2.75) is 44.8 Å². The molecule has 8 nitrogen and oxygen atoms in total. The molecule has 2 aliphatic rings. The molecule has 1 aliphatic heterocycles. The highest BCUT2D eigenvalue weighted by atomic mass is 16.5. The van der Waals surface area contributed by atoms with Crippen molar-refractivity contribution >= 4 is 17.5 Å². The quantitative estimate of drug-likeness (QED) is 0.691. The van der Waals surface area contributed by atoms with E-state index in [9.17, 15) is 9.59 Å². The summed E-state index contributed by atoms with van der Waals surface area (Å²) >= 11 is 0. The molecule has 0 spiro atoms. The van der Waals surface area contributed by atoms with Crippen LogP contribution in [0.2, 0.25) is 0 Å². The minimum atomic E-state index is -0.233. The second-order valence-corrected chi connectivity index (χ2v) is 6.28. The van der Waals surface area contributed by atoms with Crippen LogP contribution in [0.4, 0.5) is 5.69 Å². The van der Waals surface area contributed by atoms with Gasteiger partial charge in [0.05, 0.1) is 24.6 Å². The molecule has 0 radical (unpaired) electrons. The first-order valence-electron chi connectivity index (χ1n) is 8.50. The average molecular weight is 336 g/mol. The van der Waals surface area contributed by atoms with Crippen LogP contribution in [0.5, 0.6) is 0 Å². The van der Waals surface area contributed by atoms with E-state index in [0.29, 0.717) is 37.6 Å². The van der Waals surface area contributed by atoms with Crippen molar-refractivity contribution in [2.24, 2.45) is 5.92 Å². The molecule has 2 amide bonds. The summed E-state index contributed by atoms with van der Waals surface area (Å²) in [6, 6.07) is 0.249. The van der Waals surface area contributed by atoms with E-state index >= 15 is 0 Å². The van der Waals surface area contributed by atoms with Gasteiger partial charge in [-0.3, -0.25) is 14.7 Å². The molecule has 3 N–H and O–H groups in total. The molecule has 0 bridgehead atoms. The number of anilines is 1. The Balaban J connectivity index is 1.56. The van der Waals surface area contributed by atoms with Crippen LogP contribution in [0.1, 0.15) is 43.1 Å². The van der Waals surface area contributed by atoms with Gasteiger partial charge in [-0.25, -0.2) is 0 Å². The van der Waals surface area contributed by atoms with E-state index in [-0.39, 0.29) is 29.9 Å². The Morgan fingerprint density at radius 2 is 2.25 bits per heavy atom. The number of amides is 2. The summed E-state index contributed by atoms with van der Waals surface area (Å²) in [5, 5.41) is 12.2. The van der Waals surface area contributed by atoms with Crippen LogP contribution in [0.3, 0.4) is 0 Å². The summed E-state index contributed by atoms with van der Waals surface area (Å²) in [4.78, 5) is 24.5. The van der Waals surface area contributed by atoms with Gasteiger partial charge in [-0.1, -0.05) is 0 Å². The first kappa shape index (κ1) is 16.9. The molecule has 1 saturated heterocycles. The molecule has 2 atom stereocenters. The summed E-state index contributed by atoms with van der Waals surface area (Å²) < 4.78 is 11.1. The van der Waals surface area contributed by atoms with Gasteiger partial charge in [0.1, 0.15) is 5.69 Å². The summed E-state index contributed by atoms with van der Waals surface area (Å²) in [5.41, 5.74) is 0.710. The maximum atomic E-state index is 12.4. The Morgan fingerprint density at radius 3 is 3.00 bits per heavy atom. The summed E-state index contributed by atoms with van der Waals surface area (Å²) in [5.74, 6) is -0.258. The topological polar surface area (TPSA) is 105 Å². The molecule has 3 rings (SSSR count). The molecule has 1 aromatic heterocycles. The number of H-pyrrole nitrogens is 1. The lowest BCUT2D eigenvalue weighted by Crippen LogP contribution is -2.37. The first-order valence-corrected chi connectivity index (χ1v) is 8.50. The van der Waals surface area contributed by atoms with Crippen molar-refractivity contribution in [3.05, 3.63) is 11.9 Å². The van der Waals surface area contributed by atoms with Gasteiger partial charge >= 0.3 is 0 Å². The van der Waals surface area contributed by atoms with Crippen molar-refractivity contribution in [3.8, 4) is 0 Å². The fourth-order valence-corrected chi connectivity index (χ4v) is 2.87. The van der Waals surface area contributed by atoms with Crippen LogP contribution in [0, 0.1) is 5.92 Å². The van der Waals surface area contributed by atoms with Gasteiger partial charge in [0.2, 0.25) is 5.91 Å². The van der Waals surface area contributed by atoms with E-state index in [4.69, 9.17) is 9.47 Å². The van der Waals surface area contributed by atoms with Gasteiger partial charge < -0.3 is 20.1 Å². The first-order chi connectivity index (χ1) is 11.7. The zero-order chi connectivity index (χ0) is 16.9. The van der Waals surface area contributed by atoms with Gasteiger partial charge in [0.25, 0.3) is 5.91 Å². The van der Waals surface area contributed by atoms with Crippen molar-refractivity contribution in [1.82, 2.24) is 15.5 Å². The van der Waals surface area contributed by atoms with Crippen LogP contribution in [0.15, 0.2) is 6.20 Å². The molecule has 0 aromatic carbocycles. The summed E-state index contributed by atoms with van der Waals surface area (Å²) in [6.45, 7) is 3.69. The van der Waals surface area contributed by atoms with Crippen LogP contribution in [-0.4, -0.2) is 54.0 Å². The van der Waals surface area contributed by atoms with E-state index in [1.54, 1.807) is 0 Å². The minimum Gasteiger partial charge on any atom is -0.379 e. The maximum absolute atomic E-state index is 12.4. The molecule has 2 unspecified atom stereocenters. The van der Waals surface area contributed by atoms with Crippen molar-refractivity contribution in [3.63, 3.8) is 0 Å². The molecule has 8 heteroatoms. The van der Waals surface area contributed by atoms with Crippen molar-refractivity contribution < 1.29 is 19.1 Å². The highest BCUT2D eigenvalue weighted by Crippen LogP contribution is 2.24. The molecular formula is C16H24N4O4. The number of carbonyl (C=O) groups is 2. The molecule has 1 saturated carbocycles. The Morgan fingerprint density at radius 1 is 1.42 bits per heavy atom. The second kappa shape index (κ2) is 7.76. The number of aromatic amines is 1. The average Bonchev–Trinajstić information content (AvgIpc) is 3.25. The SMILES string of the molecule is CCOC1COCCC1CC(=O)Nc1cn[nH]c1C(=O)NC1CC1. The molecular weight excluding hydrogens is 312 g/mol. The Kier molecular flexibility index (Phi) is 5.47. The lowest BCUT2D eigenvalue weighted by molar-refractivity contribution is -0.122. The van der Waals surface area contributed by atoms with Gasteiger partial charge in [0.15, 0.2) is 0 Å². The van der Waals surface area contributed by atoms with Crippen LogP contribution < -0.4 is 10.6 Å². The van der Waals surface area contributed by atoms with Gasteiger partial charge in [-0.2, -0.15) is 5.10 Å². The minimum absolute atomic E-state index is 0.0588. The van der Waals surface area contributed by atoms with Crippen LogP contribution in [-0.2, 0) is 14.3 Å². The van der Waals surface area contributed by atoms with Crippen molar-refractivity contribution in [2.75, 3.05) is 25.1 Å². The largest absolute Gasteiger partial charge is 0.379 e. The molecule has 24 heavy (non-hydrogen) atoms. The third-order valence-corrected chi connectivity index (χ3v) is 4.32. The number of nitrogens with zero attached hydrogens (tertiary/aromatic N) is 1. The Hall–Kier alpha value is -1.93. The van der Waals surface area contributed by atoms with Crippen molar-refractivity contribution in [1.29, 1.82) is 0 Å². The van der Waals surface area contributed by atoms with Crippen LogP contribution >= 0.6 is 0 Å². The highest BCUT2D eigenvalue weighted by Gasteiger charge is 2.29. The fourth-order valence-electron chi connectivity index (χ4n) is 2.87. The predicted molar refractivity (Wildman–Crippen MR) is 86.7 cm³/mol. The Bertz CT molecular complexity index is 582. The number of ether oxygens (including phenoxy) is 2. The van der Waals surface area contributed by atoms with E-state index in [1.165, 1.54) is 6.20 Å². The highest BCUT2D eigenvalue weighted by molar-refractivity contribution is 6.02. The van der Waals surface area contributed by atoms with E-state index < -0.39 is 0 Å².